The van der Waals surface area contributed by atoms with Gasteiger partial charge < -0.3 is 20.5 Å². The highest BCUT2D eigenvalue weighted by Gasteiger charge is 2.19. The molecule has 1 aromatic rings. The Hall–Kier alpha value is -2.24. The lowest BCUT2D eigenvalue weighted by Gasteiger charge is -2.08. The summed E-state index contributed by atoms with van der Waals surface area (Å²) in [5, 5.41) is 38.5. The SMILES string of the molecule is Cc1cc(O)c(/C=N/O)c(O)c1C(=O)O. The van der Waals surface area contributed by atoms with Crippen LogP contribution in [-0.4, -0.2) is 32.7 Å². The Kier molecular flexibility index (Phi) is 2.80. The summed E-state index contributed by atoms with van der Waals surface area (Å²) >= 11 is 0. The summed E-state index contributed by atoms with van der Waals surface area (Å²) in [5.74, 6) is -2.30. The number of nitrogens with zero attached hydrogens (tertiary/aromatic N) is 1. The Balaban J connectivity index is 3.56. The van der Waals surface area contributed by atoms with Gasteiger partial charge in [-0.05, 0) is 18.6 Å². The van der Waals surface area contributed by atoms with E-state index in [1.54, 1.807) is 0 Å². The van der Waals surface area contributed by atoms with E-state index in [1.165, 1.54) is 13.0 Å². The predicted molar refractivity (Wildman–Crippen MR) is 50.8 cm³/mol. The topological polar surface area (TPSA) is 110 Å². The monoisotopic (exact) mass is 211 g/mol. The minimum Gasteiger partial charge on any atom is -0.507 e. The van der Waals surface area contributed by atoms with Gasteiger partial charge in [0.25, 0.3) is 0 Å². The molecular weight excluding hydrogens is 202 g/mol. The van der Waals surface area contributed by atoms with Crippen molar-refractivity contribution in [2.75, 3.05) is 0 Å². The van der Waals surface area contributed by atoms with Crippen molar-refractivity contribution in [1.82, 2.24) is 0 Å². The van der Waals surface area contributed by atoms with Gasteiger partial charge in [0.1, 0.15) is 17.1 Å². The second-order valence-electron chi connectivity index (χ2n) is 2.90. The third kappa shape index (κ3) is 1.83. The first kappa shape index (κ1) is 10.8. The molecule has 0 saturated carbocycles. The van der Waals surface area contributed by atoms with E-state index in [9.17, 15) is 15.0 Å². The molecule has 0 amide bonds. The molecule has 0 bridgehead atoms. The minimum atomic E-state index is -1.32. The van der Waals surface area contributed by atoms with E-state index in [0.717, 1.165) is 6.21 Å². The third-order valence-corrected chi connectivity index (χ3v) is 1.92. The average Bonchev–Trinajstić information content (AvgIpc) is 2.11. The predicted octanol–water partition coefficient (Wildman–Crippen LogP) is 0.913. The van der Waals surface area contributed by atoms with Crippen LogP contribution in [0.4, 0.5) is 0 Å². The number of rotatable bonds is 2. The van der Waals surface area contributed by atoms with Crippen molar-refractivity contribution in [3.63, 3.8) is 0 Å². The van der Waals surface area contributed by atoms with Crippen LogP contribution in [0, 0.1) is 6.92 Å². The van der Waals surface area contributed by atoms with Gasteiger partial charge in [0.05, 0.1) is 11.8 Å². The zero-order valence-corrected chi connectivity index (χ0v) is 7.80. The normalized spacial score (nSPS) is 10.7. The summed E-state index contributed by atoms with van der Waals surface area (Å²) in [4.78, 5) is 10.8. The number of benzene rings is 1. The van der Waals surface area contributed by atoms with E-state index in [1.807, 2.05) is 0 Å². The fourth-order valence-corrected chi connectivity index (χ4v) is 1.25. The molecular formula is C9H9NO5. The maximum atomic E-state index is 10.8. The molecule has 1 aromatic carbocycles. The average molecular weight is 211 g/mol. The van der Waals surface area contributed by atoms with Crippen molar-refractivity contribution >= 4 is 12.2 Å². The summed E-state index contributed by atoms with van der Waals surface area (Å²) in [6, 6.07) is 1.17. The van der Waals surface area contributed by atoms with Crippen LogP contribution in [-0.2, 0) is 0 Å². The molecule has 0 spiro atoms. The number of phenols is 2. The lowest BCUT2D eigenvalue weighted by atomic mass is 10.0. The molecule has 0 aliphatic carbocycles. The van der Waals surface area contributed by atoms with Gasteiger partial charge in [-0.2, -0.15) is 0 Å². The fourth-order valence-electron chi connectivity index (χ4n) is 1.25. The van der Waals surface area contributed by atoms with Crippen LogP contribution in [0.25, 0.3) is 0 Å². The van der Waals surface area contributed by atoms with Crippen molar-refractivity contribution in [2.45, 2.75) is 6.92 Å². The number of carbonyl (C=O) groups is 1. The van der Waals surface area contributed by atoms with Crippen molar-refractivity contribution in [1.29, 1.82) is 0 Å². The smallest absolute Gasteiger partial charge is 0.339 e. The highest BCUT2D eigenvalue weighted by atomic mass is 16.4. The van der Waals surface area contributed by atoms with Crippen LogP contribution in [0.1, 0.15) is 21.5 Å². The third-order valence-electron chi connectivity index (χ3n) is 1.92. The van der Waals surface area contributed by atoms with E-state index >= 15 is 0 Å². The molecule has 0 heterocycles. The Morgan fingerprint density at radius 1 is 1.47 bits per heavy atom. The van der Waals surface area contributed by atoms with Crippen LogP contribution in [0.15, 0.2) is 11.2 Å². The molecule has 0 aliphatic heterocycles. The number of aromatic carboxylic acids is 1. The van der Waals surface area contributed by atoms with Gasteiger partial charge in [0.2, 0.25) is 0 Å². The summed E-state index contributed by atoms with van der Waals surface area (Å²) in [6.45, 7) is 1.43. The van der Waals surface area contributed by atoms with Crippen LogP contribution in [0.2, 0.25) is 0 Å². The number of hydrogen-bond donors (Lipinski definition) is 4. The Morgan fingerprint density at radius 2 is 2.07 bits per heavy atom. The fraction of sp³-hybridized carbons (Fsp3) is 0.111. The number of carboxylic acids is 1. The molecule has 0 aromatic heterocycles. The van der Waals surface area contributed by atoms with Gasteiger partial charge in [-0.25, -0.2) is 4.79 Å². The summed E-state index contributed by atoms with van der Waals surface area (Å²) in [5.41, 5.74) is -0.351. The summed E-state index contributed by atoms with van der Waals surface area (Å²) in [6.07, 6.45) is 0.760. The van der Waals surface area contributed by atoms with Crippen LogP contribution in [0.5, 0.6) is 11.5 Å². The van der Waals surface area contributed by atoms with Crippen LogP contribution >= 0.6 is 0 Å². The van der Waals surface area contributed by atoms with E-state index in [0.29, 0.717) is 0 Å². The van der Waals surface area contributed by atoms with Crippen molar-refractivity contribution in [2.24, 2.45) is 5.16 Å². The largest absolute Gasteiger partial charge is 0.507 e. The molecule has 0 saturated heterocycles. The molecule has 80 valence electrons. The second-order valence-corrected chi connectivity index (χ2v) is 2.90. The number of hydrogen-bond acceptors (Lipinski definition) is 5. The number of phenolic OH excluding ortho intramolecular Hbond substituents is 1. The second kappa shape index (κ2) is 3.87. The van der Waals surface area contributed by atoms with Gasteiger partial charge in [-0.1, -0.05) is 5.16 Å². The van der Waals surface area contributed by atoms with E-state index in [-0.39, 0.29) is 22.4 Å². The molecule has 6 nitrogen and oxygen atoms in total. The zero-order valence-electron chi connectivity index (χ0n) is 7.80. The lowest BCUT2D eigenvalue weighted by Crippen LogP contribution is -2.02. The molecule has 6 heteroatoms. The number of aromatic hydroxyl groups is 2. The molecule has 0 radical (unpaired) electrons. The van der Waals surface area contributed by atoms with Crippen molar-refractivity contribution in [3.05, 3.63) is 22.8 Å². The van der Waals surface area contributed by atoms with Gasteiger partial charge >= 0.3 is 5.97 Å². The quantitative estimate of drug-likeness (QED) is 0.330. The Labute approximate surface area is 84.7 Å². The van der Waals surface area contributed by atoms with Crippen molar-refractivity contribution < 1.29 is 25.3 Å². The Bertz CT molecular complexity index is 439. The first-order chi connectivity index (χ1) is 6.99. The highest BCUT2D eigenvalue weighted by molar-refractivity contribution is 5.98. The van der Waals surface area contributed by atoms with Crippen molar-refractivity contribution in [3.8, 4) is 11.5 Å². The summed E-state index contributed by atoms with van der Waals surface area (Å²) < 4.78 is 0. The van der Waals surface area contributed by atoms with E-state index < -0.39 is 11.7 Å². The standard InChI is InChI=1S/C9H9NO5/c1-4-2-6(11)5(3-10-15)8(12)7(4)9(13)14/h2-3,11-12,15H,1H3,(H,13,14)/b10-3+. The van der Waals surface area contributed by atoms with Crippen LogP contribution in [0.3, 0.4) is 0 Å². The van der Waals surface area contributed by atoms with Gasteiger partial charge in [0, 0.05) is 0 Å². The maximum Gasteiger partial charge on any atom is 0.339 e. The number of oxime groups is 1. The van der Waals surface area contributed by atoms with Gasteiger partial charge in [0.15, 0.2) is 0 Å². The Morgan fingerprint density at radius 3 is 2.53 bits per heavy atom. The van der Waals surface area contributed by atoms with Crippen LogP contribution < -0.4 is 0 Å². The first-order valence-electron chi connectivity index (χ1n) is 3.95. The maximum absolute atomic E-state index is 10.8. The number of aryl methyl sites for hydroxylation is 1. The molecule has 0 atom stereocenters. The van der Waals surface area contributed by atoms with E-state index in [4.69, 9.17) is 10.3 Å². The molecule has 0 fully saturated rings. The summed E-state index contributed by atoms with van der Waals surface area (Å²) in [7, 11) is 0. The zero-order chi connectivity index (χ0) is 11.6. The lowest BCUT2D eigenvalue weighted by molar-refractivity contribution is 0.0693. The van der Waals surface area contributed by atoms with E-state index in [2.05, 4.69) is 5.16 Å². The molecule has 0 unspecified atom stereocenters. The van der Waals surface area contributed by atoms with Gasteiger partial charge in [-0.15, -0.1) is 0 Å². The minimum absolute atomic E-state index is 0.215. The number of carboxylic acid groups (broad SMARTS) is 1. The van der Waals surface area contributed by atoms with Gasteiger partial charge in [-0.3, -0.25) is 0 Å². The molecule has 4 N–H and O–H groups in total. The molecule has 15 heavy (non-hydrogen) atoms. The molecule has 1 rings (SSSR count). The first-order valence-corrected chi connectivity index (χ1v) is 3.95. The highest BCUT2D eigenvalue weighted by Crippen LogP contribution is 2.31. The molecule has 0 aliphatic rings.